The summed E-state index contributed by atoms with van der Waals surface area (Å²) in [5, 5.41) is 32.4. The number of aromatic nitrogens is 1. The average molecular weight is 752 g/mol. The first-order valence-electron chi connectivity index (χ1n) is 18.4. The topological polar surface area (TPSA) is 148 Å². The molecule has 0 spiro atoms. The number of hydrogen-bond donors (Lipinski definition) is 3. The molecule has 0 bridgehead atoms. The van der Waals surface area contributed by atoms with Crippen LogP contribution in [0.25, 0.3) is 11.1 Å². The zero-order chi connectivity index (χ0) is 38.2. The summed E-state index contributed by atoms with van der Waals surface area (Å²) < 4.78 is 12.7. The van der Waals surface area contributed by atoms with E-state index in [1.807, 2.05) is 55.1 Å². The number of nitrogens with one attached hydrogen (secondary N) is 1. The fraction of sp³-hybridized carbons (Fsp3) is 0.381. The number of ether oxygens (including phenoxy) is 2. The quantitative estimate of drug-likeness (QED) is 0.134. The van der Waals surface area contributed by atoms with Crippen molar-refractivity contribution in [3.05, 3.63) is 111 Å². The number of carboxylic acid groups (broad SMARTS) is 1. The molecule has 1 amide bonds. The van der Waals surface area contributed by atoms with Crippen molar-refractivity contribution >= 4 is 23.5 Å². The third kappa shape index (κ3) is 9.38. The van der Waals surface area contributed by atoms with Gasteiger partial charge in [-0.15, -0.1) is 0 Å². The second-order valence-corrected chi connectivity index (χ2v) is 14.5. The molecule has 2 fully saturated rings. The number of piperidine rings is 1. The Morgan fingerprint density at radius 2 is 1.74 bits per heavy atom. The molecule has 11 nitrogen and oxygen atoms in total. The largest absolute Gasteiger partial charge is 0.488 e. The molecular formula is C42H46ClN5O6. The Hall–Kier alpha value is -4.99. The van der Waals surface area contributed by atoms with Gasteiger partial charge in [0.05, 0.1) is 16.7 Å². The summed E-state index contributed by atoms with van der Waals surface area (Å²) in [6, 6.07) is 18.5. The van der Waals surface area contributed by atoms with Gasteiger partial charge in [-0.2, -0.15) is 5.26 Å². The number of carbonyl (C=O) groups is 2. The van der Waals surface area contributed by atoms with Gasteiger partial charge in [-0.05, 0) is 85.7 Å². The van der Waals surface area contributed by atoms with Crippen molar-refractivity contribution in [2.24, 2.45) is 0 Å². The smallest absolute Gasteiger partial charge is 0.320 e. The molecule has 0 radical (unpaired) electrons. The normalized spacial score (nSPS) is 17.5. The van der Waals surface area contributed by atoms with Crippen molar-refractivity contribution in [2.45, 2.75) is 71.4 Å². The van der Waals surface area contributed by atoms with Gasteiger partial charge in [0.15, 0.2) is 0 Å². The number of nitrogens with zero attached hydrogens (tertiary/aromatic N) is 4. The molecule has 1 aromatic heterocycles. The van der Waals surface area contributed by atoms with Gasteiger partial charge in [-0.25, -0.2) is 0 Å². The van der Waals surface area contributed by atoms with Gasteiger partial charge in [0.25, 0.3) is 5.91 Å². The number of amides is 1. The SMILES string of the molecule is Cc1c(COc2cc(OCc3cncc(C#N)c3)c(CN3CCCCC3C(=O)O)cc2Cl)cccc1-c1cccc(C(=O)NCCN2CCC(O)C2)c1C. The van der Waals surface area contributed by atoms with E-state index < -0.39 is 12.0 Å². The number of pyridine rings is 1. The summed E-state index contributed by atoms with van der Waals surface area (Å²) in [6.45, 7) is 8.00. The van der Waals surface area contributed by atoms with Crippen molar-refractivity contribution in [2.75, 3.05) is 32.7 Å². The molecule has 2 aliphatic heterocycles. The highest BCUT2D eigenvalue weighted by Crippen LogP contribution is 2.37. The van der Waals surface area contributed by atoms with Crippen LogP contribution >= 0.6 is 11.6 Å². The lowest BCUT2D eigenvalue weighted by atomic mass is 9.91. The number of nitriles is 1. The molecular weight excluding hydrogens is 706 g/mol. The van der Waals surface area contributed by atoms with Crippen molar-refractivity contribution in [3.63, 3.8) is 0 Å². The first-order valence-corrected chi connectivity index (χ1v) is 18.7. The number of benzene rings is 3. The minimum atomic E-state index is -0.847. The highest BCUT2D eigenvalue weighted by atomic mass is 35.5. The third-order valence-electron chi connectivity index (χ3n) is 10.4. The minimum absolute atomic E-state index is 0.129. The molecule has 0 aliphatic carbocycles. The molecule has 3 heterocycles. The fourth-order valence-electron chi connectivity index (χ4n) is 7.31. The second-order valence-electron chi connectivity index (χ2n) is 14.0. The summed E-state index contributed by atoms with van der Waals surface area (Å²) >= 11 is 6.84. The van der Waals surface area contributed by atoms with E-state index in [4.69, 9.17) is 21.1 Å². The van der Waals surface area contributed by atoms with Crippen LogP contribution in [0.4, 0.5) is 0 Å². The molecule has 3 aromatic carbocycles. The molecule has 54 heavy (non-hydrogen) atoms. The second kappa shape index (κ2) is 17.9. The van der Waals surface area contributed by atoms with Gasteiger partial charge >= 0.3 is 5.97 Å². The fourth-order valence-corrected chi connectivity index (χ4v) is 7.55. The van der Waals surface area contributed by atoms with E-state index in [9.17, 15) is 25.1 Å². The van der Waals surface area contributed by atoms with Gasteiger partial charge in [0.1, 0.15) is 36.8 Å². The van der Waals surface area contributed by atoms with Gasteiger partial charge in [0, 0.05) is 67.9 Å². The number of carbonyl (C=O) groups excluding carboxylic acids is 1. The zero-order valence-corrected chi connectivity index (χ0v) is 31.4. The van der Waals surface area contributed by atoms with Crippen LogP contribution < -0.4 is 14.8 Å². The van der Waals surface area contributed by atoms with Crippen LogP contribution in [0.3, 0.4) is 0 Å². The summed E-state index contributed by atoms with van der Waals surface area (Å²) in [5.74, 6) is -0.0628. The van der Waals surface area contributed by atoms with E-state index in [2.05, 4.69) is 21.3 Å². The summed E-state index contributed by atoms with van der Waals surface area (Å²) in [5.41, 5.74) is 7.25. The van der Waals surface area contributed by atoms with Gasteiger partial charge in [-0.3, -0.25) is 24.4 Å². The van der Waals surface area contributed by atoms with Crippen molar-refractivity contribution in [1.82, 2.24) is 20.1 Å². The summed E-state index contributed by atoms with van der Waals surface area (Å²) in [7, 11) is 0. The highest BCUT2D eigenvalue weighted by Gasteiger charge is 2.29. The van der Waals surface area contributed by atoms with Crippen molar-refractivity contribution in [3.8, 4) is 28.7 Å². The van der Waals surface area contributed by atoms with Crippen LogP contribution in [-0.2, 0) is 24.6 Å². The van der Waals surface area contributed by atoms with Crippen LogP contribution in [0.15, 0.2) is 67.0 Å². The van der Waals surface area contributed by atoms with Crippen LogP contribution in [0.5, 0.6) is 11.5 Å². The first kappa shape index (κ1) is 38.7. The van der Waals surface area contributed by atoms with E-state index in [-0.39, 0.29) is 25.2 Å². The van der Waals surface area contributed by atoms with Crippen LogP contribution in [0.2, 0.25) is 5.02 Å². The highest BCUT2D eigenvalue weighted by molar-refractivity contribution is 6.32. The number of carboxylic acids is 1. The third-order valence-corrected chi connectivity index (χ3v) is 10.7. The maximum atomic E-state index is 13.2. The lowest BCUT2D eigenvalue weighted by molar-refractivity contribution is -0.144. The van der Waals surface area contributed by atoms with E-state index in [1.54, 1.807) is 24.4 Å². The Kier molecular flexibility index (Phi) is 12.8. The summed E-state index contributed by atoms with van der Waals surface area (Å²) in [4.78, 5) is 33.5. The average Bonchev–Trinajstić information content (AvgIpc) is 3.59. The number of aliphatic carboxylic acids is 1. The summed E-state index contributed by atoms with van der Waals surface area (Å²) in [6.07, 6.45) is 5.95. The molecule has 2 saturated heterocycles. The number of rotatable bonds is 14. The Labute approximate surface area is 321 Å². The number of halogens is 1. The van der Waals surface area contributed by atoms with E-state index in [0.717, 1.165) is 59.2 Å². The maximum Gasteiger partial charge on any atom is 0.320 e. The van der Waals surface area contributed by atoms with E-state index >= 15 is 0 Å². The van der Waals surface area contributed by atoms with Crippen molar-refractivity contribution in [1.29, 1.82) is 5.26 Å². The molecule has 12 heteroatoms. The molecule has 4 aromatic rings. The maximum absolute atomic E-state index is 13.2. The van der Waals surface area contributed by atoms with E-state index in [1.165, 1.54) is 6.20 Å². The van der Waals surface area contributed by atoms with Gasteiger partial charge in [0.2, 0.25) is 0 Å². The lowest BCUT2D eigenvalue weighted by Gasteiger charge is -2.33. The predicted octanol–water partition coefficient (Wildman–Crippen LogP) is 6.28. The van der Waals surface area contributed by atoms with Gasteiger partial charge < -0.3 is 25.0 Å². The van der Waals surface area contributed by atoms with Gasteiger partial charge in [-0.1, -0.05) is 48.4 Å². The van der Waals surface area contributed by atoms with Crippen LogP contribution in [0, 0.1) is 25.2 Å². The molecule has 3 N–H and O–H groups in total. The molecule has 0 saturated carbocycles. The number of aliphatic hydroxyl groups is 1. The number of aliphatic hydroxyl groups excluding tert-OH is 1. The molecule has 2 atom stereocenters. The van der Waals surface area contributed by atoms with Crippen LogP contribution in [0.1, 0.15) is 69.4 Å². The van der Waals surface area contributed by atoms with E-state index in [0.29, 0.717) is 72.4 Å². The first-order chi connectivity index (χ1) is 26.1. The Morgan fingerprint density at radius 3 is 2.50 bits per heavy atom. The lowest BCUT2D eigenvalue weighted by Crippen LogP contribution is -2.44. The molecule has 2 aliphatic rings. The molecule has 6 rings (SSSR count). The Bertz CT molecular complexity index is 2030. The monoisotopic (exact) mass is 751 g/mol. The van der Waals surface area contributed by atoms with Crippen molar-refractivity contribution < 1.29 is 29.3 Å². The minimum Gasteiger partial charge on any atom is -0.488 e. The Morgan fingerprint density at radius 1 is 0.963 bits per heavy atom. The Balaban J connectivity index is 1.20. The number of hydrogen-bond acceptors (Lipinski definition) is 9. The van der Waals surface area contributed by atoms with Crippen LogP contribution in [-0.4, -0.2) is 81.7 Å². The standard InChI is InChI=1S/C42H46ClN5O6/c1-27-31(7-5-8-34(27)35-9-6-10-36(28(35)2)41(50)46-13-16-47-15-12-33(49)24-47)26-54-40-19-39(53-25-30-17-29(20-44)21-45-22-30)32(18-37(40)43)23-48-14-4-3-11-38(48)42(51)52/h5-10,17-19,21-22,33,38,49H,3-4,11-16,23-26H2,1-2H3,(H,46,50)(H,51,52). The predicted molar refractivity (Wildman–Crippen MR) is 206 cm³/mol. The zero-order valence-electron chi connectivity index (χ0n) is 30.7. The molecule has 282 valence electrons. The number of likely N-dealkylation sites (tertiary alicyclic amines) is 2. The molecule has 2 unspecified atom stereocenters. The number of β-amino-alcohol motifs (C(OH)–C–C–N with tert-alkyl or cyclic N) is 1.